The first-order valence-corrected chi connectivity index (χ1v) is 10.6. The zero-order chi connectivity index (χ0) is 20.4. The molecule has 1 saturated heterocycles. The maximum Gasteiger partial charge on any atom is 0.233 e. The van der Waals surface area contributed by atoms with Crippen LogP contribution in [0.4, 0.5) is 4.39 Å². The number of thioether (sulfide) groups is 1. The summed E-state index contributed by atoms with van der Waals surface area (Å²) in [6, 6.07) is 14.0. The first-order valence-electron chi connectivity index (χ1n) is 9.58. The van der Waals surface area contributed by atoms with Gasteiger partial charge in [0, 0.05) is 29.4 Å². The SMILES string of the molecule is C[C@H]1CN(C(=O)CSc2nnc(-c3ccc(F)cc3)c3ccccc23)C[C@H](C)O1. The monoisotopic (exact) mass is 411 g/mol. The quantitative estimate of drug-likeness (QED) is 0.604. The van der Waals surface area contributed by atoms with Crippen LogP contribution in [-0.4, -0.2) is 52.1 Å². The van der Waals surface area contributed by atoms with E-state index in [-0.39, 0.29) is 23.9 Å². The molecule has 3 aromatic rings. The Morgan fingerprint density at radius 2 is 1.72 bits per heavy atom. The summed E-state index contributed by atoms with van der Waals surface area (Å²) in [6.45, 7) is 5.19. The third kappa shape index (κ3) is 4.41. The van der Waals surface area contributed by atoms with E-state index in [0.29, 0.717) is 29.6 Å². The summed E-state index contributed by atoms with van der Waals surface area (Å²) in [4.78, 5) is 14.5. The molecule has 7 heteroatoms. The van der Waals surface area contributed by atoms with Gasteiger partial charge in [-0.1, -0.05) is 36.0 Å². The summed E-state index contributed by atoms with van der Waals surface area (Å²) in [6.07, 6.45) is 0.0895. The van der Waals surface area contributed by atoms with E-state index in [2.05, 4.69) is 10.2 Å². The molecular formula is C22H22FN3O2S. The van der Waals surface area contributed by atoms with Crippen LogP contribution in [0.25, 0.3) is 22.0 Å². The van der Waals surface area contributed by atoms with Crippen LogP contribution in [0.2, 0.25) is 0 Å². The van der Waals surface area contributed by atoms with Crippen molar-refractivity contribution < 1.29 is 13.9 Å². The van der Waals surface area contributed by atoms with Gasteiger partial charge in [-0.05, 0) is 38.1 Å². The lowest BCUT2D eigenvalue weighted by Crippen LogP contribution is -2.48. The van der Waals surface area contributed by atoms with Gasteiger partial charge in [0.2, 0.25) is 5.91 Å². The molecule has 5 nitrogen and oxygen atoms in total. The van der Waals surface area contributed by atoms with Gasteiger partial charge in [0.05, 0.1) is 18.0 Å². The van der Waals surface area contributed by atoms with E-state index in [4.69, 9.17) is 4.74 Å². The highest BCUT2D eigenvalue weighted by Gasteiger charge is 2.26. The topological polar surface area (TPSA) is 55.3 Å². The Morgan fingerprint density at radius 3 is 2.41 bits per heavy atom. The summed E-state index contributed by atoms with van der Waals surface area (Å²) in [5, 5.41) is 11.3. The largest absolute Gasteiger partial charge is 0.372 e. The number of morpholine rings is 1. The molecule has 0 bridgehead atoms. The molecule has 2 heterocycles. The molecule has 0 radical (unpaired) electrons. The fraction of sp³-hybridized carbons (Fsp3) is 0.318. The van der Waals surface area contributed by atoms with Gasteiger partial charge in [-0.15, -0.1) is 10.2 Å². The number of rotatable bonds is 4. The number of hydrogen-bond donors (Lipinski definition) is 0. The van der Waals surface area contributed by atoms with Crippen molar-refractivity contribution in [2.45, 2.75) is 31.1 Å². The average Bonchev–Trinajstić information content (AvgIpc) is 2.72. The van der Waals surface area contributed by atoms with Crippen molar-refractivity contribution in [1.29, 1.82) is 0 Å². The molecule has 1 fully saturated rings. The van der Waals surface area contributed by atoms with Crippen molar-refractivity contribution in [3.63, 3.8) is 0 Å². The molecule has 150 valence electrons. The fourth-order valence-corrected chi connectivity index (χ4v) is 4.48. The lowest BCUT2D eigenvalue weighted by Gasteiger charge is -2.35. The van der Waals surface area contributed by atoms with E-state index in [1.54, 1.807) is 12.1 Å². The maximum absolute atomic E-state index is 13.3. The number of halogens is 1. The zero-order valence-electron chi connectivity index (χ0n) is 16.3. The minimum Gasteiger partial charge on any atom is -0.372 e. The molecule has 0 N–H and O–H groups in total. The number of ether oxygens (including phenoxy) is 1. The van der Waals surface area contributed by atoms with Gasteiger partial charge in [0.25, 0.3) is 0 Å². The van der Waals surface area contributed by atoms with Crippen molar-refractivity contribution in [2.24, 2.45) is 0 Å². The fourth-order valence-electron chi connectivity index (χ4n) is 3.61. The van der Waals surface area contributed by atoms with Crippen LogP contribution in [0.3, 0.4) is 0 Å². The number of amides is 1. The van der Waals surface area contributed by atoms with Gasteiger partial charge < -0.3 is 9.64 Å². The number of benzene rings is 2. The van der Waals surface area contributed by atoms with E-state index in [9.17, 15) is 9.18 Å². The summed E-state index contributed by atoms with van der Waals surface area (Å²) >= 11 is 1.39. The highest BCUT2D eigenvalue weighted by molar-refractivity contribution is 8.00. The number of carbonyl (C=O) groups is 1. The van der Waals surface area contributed by atoms with Gasteiger partial charge in [0.15, 0.2) is 0 Å². The van der Waals surface area contributed by atoms with Crippen LogP contribution < -0.4 is 0 Å². The highest BCUT2D eigenvalue weighted by Crippen LogP contribution is 2.32. The Hall–Kier alpha value is -2.51. The number of carbonyl (C=O) groups excluding carboxylic acids is 1. The predicted octanol–water partition coefficient (Wildman–Crippen LogP) is 4.16. The van der Waals surface area contributed by atoms with E-state index >= 15 is 0 Å². The second-order valence-electron chi connectivity index (χ2n) is 7.25. The predicted molar refractivity (Wildman–Crippen MR) is 112 cm³/mol. The Morgan fingerprint density at radius 1 is 1.07 bits per heavy atom. The first kappa shape index (κ1) is 19.8. The van der Waals surface area contributed by atoms with E-state index in [1.807, 2.05) is 43.0 Å². The van der Waals surface area contributed by atoms with Crippen molar-refractivity contribution in [2.75, 3.05) is 18.8 Å². The molecule has 1 amide bonds. The lowest BCUT2D eigenvalue weighted by molar-refractivity contribution is -0.140. The number of nitrogens with zero attached hydrogens (tertiary/aromatic N) is 3. The third-order valence-corrected chi connectivity index (χ3v) is 5.84. The second kappa shape index (κ2) is 8.47. The van der Waals surface area contributed by atoms with Crippen LogP contribution in [0.5, 0.6) is 0 Å². The summed E-state index contributed by atoms with van der Waals surface area (Å²) in [5.74, 6) is 0.0857. The van der Waals surface area contributed by atoms with Crippen LogP contribution in [0, 0.1) is 5.82 Å². The van der Waals surface area contributed by atoms with Crippen molar-refractivity contribution in [3.05, 3.63) is 54.3 Å². The maximum atomic E-state index is 13.3. The molecule has 4 rings (SSSR count). The van der Waals surface area contributed by atoms with Crippen molar-refractivity contribution >= 4 is 28.4 Å². The van der Waals surface area contributed by atoms with Gasteiger partial charge in [-0.25, -0.2) is 4.39 Å². The Labute approximate surface area is 173 Å². The third-order valence-electron chi connectivity index (χ3n) is 4.88. The van der Waals surface area contributed by atoms with E-state index < -0.39 is 0 Å². The van der Waals surface area contributed by atoms with Crippen LogP contribution in [0.1, 0.15) is 13.8 Å². The van der Waals surface area contributed by atoms with E-state index in [0.717, 1.165) is 16.3 Å². The molecule has 0 aliphatic carbocycles. The highest BCUT2D eigenvalue weighted by atomic mass is 32.2. The molecule has 0 unspecified atom stereocenters. The Balaban J connectivity index is 1.56. The Bertz CT molecular complexity index is 1020. The van der Waals surface area contributed by atoms with Crippen molar-refractivity contribution in [1.82, 2.24) is 15.1 Å². The van der Waals surface area contributed by atoms with Crippen LogP contribution >= 0.6 is 11.8 Å². The molecular weight excluding hydrogens is 389 g/mol. The Kier molecular flexibility index (Phi) is 5.78. The van der Waals surface area contributed by atoms with E-state index in [1.165, 1.54) is 23.9 Å². The van der Waals surface area contributed by atoms with Gasteiger partial charge in [-0.2, -0.15) is 0 Å². The number of aromatic nitrogens is 2. The molecule has 2 atom stereocenters. The summed E-state index contributed by atoms with van der Waals surface area (Å²) in [5.41, 5.74) is 1.51. The standard InChI is InChI=1S/C22H22FN3O2S/c1-14-11-26(12-15(2)28-14)20(27)13-29-22-19-6-4-3-5-18(19)21(24-25-22)16-7-9-17(23)10-8-16/h3-10,14-15H,11-13H2,1-2H3/t14-,15-/m0/s1. The summed E-state index contributed by atoms with van der Waals surface area (Å²) in [7, 11) is 0. The molecule has 2 aromatic carbocycles. The van der Waals surface area contributed by atoms with Crippen LogP contribution in [-0.2, 0) is 9.53 Å². The zero-order valence-corrected chi connectivity index (χ0v) is 17.2. The normalized spacial score (nSPS) is 19.5. The second-order valence-corrected chi connectivity index (χ2v) is 8.21. The summed E-state index contributed by atoms with van der Waals surface area (Å²) < 4.78 is 19.0. The van der Waals surface area contributed by atoms with Crippen molar-refractivity contribution in [3.8, 4) is 11.3 Å². The van der Waals surface area contributed by atoms with Gasteiger partial charge in [0.1, 0.15) is 16.5 Å². The molecule has 1 aromatic heterocycles. The van der Waals surface area contributed by atoms with Crippen LogP contribution in [0.15, 0.2) is 53.6 Å². The molecule has 1 aliphatic rings. The molecule has 29 heavy (non-hydrogen) atoms. The molecule has 1 aliphatic heterocycles. The average molecular weight is 412 g/mol. The first-order chi connectivity index (χ1) is 14.0. The van der Waals surface area contributed by atoms with Gasteiger partial charge >= 0.3 is 0 Å². The number of fused-ring (bicyclic) bond motifs is 1. The molecule has 0 saturated carbocycles. The van der Waals surface area contributed by atoms with Gasteiger partial charge in [-0.3, -0.25) is 4.79 Å². The minimum atomic E-state index is -0.288. The number of hydrogen-bond acceptors (Lipinski definition) is 5. The molecule has 0 spiro atoms. The minimum absolute atomic E-state index is 0.0447. The smallest absolute Gasteiger partial charge is 0.233 e. The lowest BCUT2D eigenvalue weighted by atomic mass is 10.1.